The molecular weight excluding hydrogens is 266 g/mol. The average Bonchev–Trinajstić information content (AvgIpc) is 2.61. The molecule has 0 bridgehead atoms. The quantitative estimate of drug-likeness (QED) is 0.563. The van der Waals surface area contributed by atoms with Crippen LogP contribution < -0.4 is 0 Å². The Bertz CT molecular complexity index is 754. The summed E-state index contributed by atoms with van der Waals surface area (Å²) >= 11 is 0. The fourth-order valence-electron chi connectivity index (χ4n) is 2.16. The molecule has 0 saturated carbocycles. The SMILES string of the molecule is [C](=CC=Nc1ccc(-c2ccccc2)cc1)c1ccccc1. The number of aliphatic imine (C=N–C) groups is 1. The van der Waals surface area contributed by atoms with Crippen LogP contribution in [0.25, 0.3) is 11.1 Å². The zero-order valence-electron chi connectivity index (χ0n) is 12.2. The molecule has 0 atom stereocenters. The number of hydrogen-bond acceptors (Lipinski definition) is 1. The molecule has 0 unspecified atom stereocenters. The molecule has 22 heavy (non-hydrogen) atoms. The van der Waals surface area contributed by atoms with Crippen molar-refractivity contribution in [2.24, 2.45) is 4.99 Å². The molecule has 0 spiro atoms. The Kier molecular flexibility index (Phi) is 4.58. The highest BCUT2D eigenvalue weighted by Gasteiger charge is 1.95. The first-order valence-electron chi connectivity index (χ1n) is 7.25. The fraction of sp³-hybridized carbons (Fsp3) is 0. The molecule has 1 nitrogen and oxygen atoms in total. The topological polar surface area (TPSA) is 12.4 Å². The van der Waals surface area contributed by atoms with Gasteiger partial charge in [0.15, 0.2) is 0 Å². The van der Waals surface area contributed by atoms with Crippen LogP contribution >= 0.6 is 0 Å². The van der Waals surface area contributed by atoms with E-state index in [1.807, 2.05) is 66.7 Å². The molecule has 3 aromatic rings. The highest BCUT2D eigenvalue weighted by molar-refractivity contribution is 5.75. The van der Waals surface area contributed by atoms with Crippen molar-refractivity contribution < 1.29 is 0 Å². The molecule has 0 N–H and O–H groups in total. The van der Waals surface area contributed by atoms with Gasteiger partial charge in [-0.2, -0.15) is 0 Å². The molecular formula is C21H16N. The number of hydrogen-bond donors (Lipinski definition) is 0. The summed E-state index contributed by atoms with van der Waals surface area (Å²) in [4.78, 5) is 4.41. The van der Waals surface area contributed by atoms with E-state index in [-0.39, 0.29) is 0 Å². The lowest BCUT2D eigenvalue weighted by Gasteiger charge is -2.01. The fourth-order valence-corrected chi connectivity index (χ4v) is 2.16. The van der Waals surface area contributed by atoms with Gasteiger partial charge >= 0.3 is 0 Å². The van der Waals surface area contributed by atoms with Crippen molar-refractivity contribution in [1.82, 2.24) is 0 Å². The third-order valence-corrected chi connectivity index (χ3v) is 3.30. The molecule has 0 amide bonds. The summed E-state index contributed by atoms with van der Waals surface area (Å²) < 4.78 is 0. The van der Waals surface area contributed by atoms with Gasteiger partial charge in [-0.1, -0.05) is 72.8 Å². The summed E-state index contributed by atoms with van der Waals surface area (Å²) in [6.07, 6.45) is 6.78. The second-order valence-corrected chi connectivity index (χ2v) is 4.87. The number of nitrogens with zero attached hydrogens (tertiary/aromatic N) is 1. The second-order valence-electron chi connectivity index (χ2n) is 4.87. The van der Waals surface area contributed by atoms with Gasteiger partial charge in [-0.25, -0.2) is 0 Å². The molecule has 0 aliphatic rings. The maximum Gasteiger partial charge on any atom is 0.0630 e. The van der Waals surface area contributed by atoms with Gasteiger partial charge in [0.05, 0.1) is 5.69 Å². The maximum atomic E-state index is 4.41. The van der Waals surface area contributed by atoms with Gasteiger partial charge in [0.1, 0.15) is 0 Å². The van der Waals surface area contributed by atoms with Crippen molar-refractivity contribution in [2.75, 3.05) is 0 Å². The van der Waals surface area contributed by atoms with Crippen molar-refractivity contribution in [3.63, 3.8) is 0 Å². The van der Waals surface area contributed by atoms with E-state index < -0.39 is 0 Å². The largest absolute Gasteiger partial charge is 0.257 e. The molecule has 0 aliphatic heterocycles. The van der Waals surface area contributed by atoms with Gasteiger partial charge in [0, 0.05) is 6.21 Å². The predicted octanol–water partition coefficient (Wildman–Crippen LogP) is 5.46. The van der Waals surface area contributed by atoms with Crippen LogP contribution in [-0.2, 0) is 0 Å². The number of rotatable bonds is 4. The van der Waals surface area contributed by atoms with E-state index in [1.54, 1.807) is 6.21 Å². The first-order chi connectivity index (χ1) is 10.9. The Morgan fingerprint density at radius 1 is 0.636 bits per heavy atom. The summed E-state index contributed by atoms with van der Waals surface area (Å²) in [7, 11) is 0. The minimum absolute atomic E-state index is 0.936. The molecule has 3 rings (SSSR count). The summed E-state index contributed by atoms with van der Waals surface area (Å²) in [5, 5.41) is 0. The molecule has 0 heterocycles. The first kappa shape index (κ1) is 14.0. The van der Waals surface area contributed by atoms with Crippen molar-refractivity contribution in [3.05, 3.63) is 103 Å². The lowest BCUT2D eigenvalue weighted by atomic mass is 10.1. The molecule has 1 radical (unpaired) electrons. The standard InChI is InChI=1S/C21H16N/c1-3-8-18(9-4-1)10-7-17-22-21-15-13-20(14-16-21)19-11-5-2-6-12-19/h1-9,11-17H. The van der Waals surface area contributed by atoms with E-state index in [2.05, 4.69) is 35.3 Å². The van der Waals surface area contributed by atoms with Crippen LogP contribution in [0.2, 0.25) is 0 Å². The Balaban J connectivity index is 1.66. The first-order valence-corrected chi connectivity index (χ1v) is 7.25. The van der Waals surface area contributed by atoms with E-state index in [0.717, 1.165) is 11.3 Å². The lowest BCUT2D eigenvalue weighted by Crippen LogP contribution is -1.76. The van der Waals surface area contributed by atoms with Crippen LogP contribution in [0.5, 0.6) is 0 Å². The molecule has 1 heteroatoms. The van der Waals surface area contributed by atoms with Crippen molar-refractivity contribution in [1.29, 1.82) is 0 Å². The van der Waals surface area contributed by atoms with E-state index >= 15 is 0 Å². The van der Waals surface area contributed by atoms with Crippen molar-refractivity contribution in [2.45, 2.75) is 0 Å². The third kappa shape index (κ3) is 3.80. The Morgan fingerprint density at radius 2 is 1.23 bits per heavy atom. The molecule has 0 fully saturated rings. The van der Waals surface area contributed by atoms with Gasteiger partial charge in [0.2, 0.25) is 0 Å². The van der Waals surface area contributed by atoms with Gasteiger partial charge in [-0.15, -0.1) is 0 Å². The van der Waals surface area contributed by atoms with E-state index in [1.165, 1.54) is 11.1 Å². The molecule has 0 aromatic heterocycles. The van der Waals surface area contributed by atoms with Crippen molar-refractivity contribution >= 4 is 11.9 Å². The highest BCUT2D eigenvalue weighted by Crippen LogP contribution is 2.22. The van der Waals surface area contributed by atoms with Gasteiger partial charge in [-0.05, 0) is 41.0 Å². The summed E-state index contributed by atoms with van der Waals surface area (Å²) in [5.41, 5.74) is 4.40. The molecule has 0 saturated heterocycles. The molecule has 3 aromatic carbocycles. The van der Waals surface area contributed by atoms with Crippen LogP contribution in [0.4, 0.5) is 5.69 Å². The van der Waals surface area contributed by atoms with Gasteiger partial charge < -0.3 is 0 Å². The zero-order valence-corrected chi connectivity index (χ0v) is 12.2. The minimum atomic E-state index is 0.936. The van der Waals surface area contributed by atoms with Gasteiger partial charge in [0.25, 0.3) is 0 Å². The summed E-state index contributed by atoms with van der Waals surface area (Å²) in [6.45, 7) is 0. The van der Waals surface area contributed by atoms with Crippen LogP contribution in [0.15, 0.2) is 96.0 Å². The number of allylic oxidation sites excluding steroid dienone is 1. The lowest BCUT2D eigenvalue weighted by molar-refractivity contribution is 1.52. The Morgan fingerprint density at radius 3 is 1.91 bits per heavy atom. The average molecular weight is 282 g/mol. The normalized spacial score (nSPS) is 11.3. The summed E-state index contributed by atoms with van der Waals surface area (Å²) in [5.74, 6) is 0. The Hall–Kier alpha value is -2.93. The zero-order chi connectivity index (χ0) is 15.0. The molecule has 105 valence electrons. The predicted molar refractivity (Wildman–Crippen MR) is 93.4 cm³/mol. The minimum Gasteiger partial charge on any atom is -0.257 e. The van der Waals surface area contributed by atoms with E-state index in [4.69, 9.17) is 0 Å². The smallest absolute Gasteiger partial charge is 0.0630 e. The van der Waals surface area contributed by atoms with Gasteiger partial charge in [-0.3, -0.25) is 4.99 Å². The number of benzene rings is 3. The monoisotopic (exact) mass is 282 g/mol. The van der Waals surface area contributed by atoms with Crippen LogP contribution in [0, 0.1) is 6.08 Å². The van der Waals surface area contributed by atoms with Crippen LogP contribution in [-0.4, -0.2) is 6.21 Å². The van der Waals surface area contributed by atoms with E-state index in [0.29, 0.717) is 0 Å². The van der Waals surface area contributed by atoms with Crippen LogP contribution in [0.3, 0.4) is 0 Å². The maximum absolute atomic E-state index is 4.41. The second kappa shape index (κ2) is 7.19. The third-order valence-electron chi connectivity index (χ3n) is 3.30. The van der Waals surface area contributed by atoms with Crippen LogP contribution in [0.1, 0.15) is 5.56 Å². The highest BCUT2D eigenvalue weighted by atomic mass is 14.7. The Labute approximate surface area is 131 Å². The van der Waals surface area contributed by atoms with Crippen molar-refractivity contribution in [3.8, 4) is 11.1 Å². The molecule has 0 aliphatic carbocycles. The van der Waals surface area contributed by atoms with E-state index in [9.17, 15) is 0 Å². The summed E-state index contributed by atoms with van der Waals surface area (Å²) in [6, 6.07) is 28.6.